The summed E-state index contributed by atoms with van der Waals surface area (Å²) in [6.07, 6.45) is 2.22. The van der Waals surface area contributed by atoms with Crippen molar-refractivity contribution in [2.45, 2.75) is 19.8 Å². The van der Waals surface area contributed by atoms with Crippen LogP contribution < -0.4 is 10.6 Å². The normalized spacial score (nSPS) is 10.1. The molecule has 0 unspecified atom stereocenters. The van der Waals surface area contributed by atoms with Crippen molar-refractivity contribution in [1.82, 2.24) is 0 Å². The molecule has 1 rings (SSSR count). The van der Waals surface area contributed by atoms with Crippen LogP contribution in [0.4, 0.5) is 11.4 Å². The van der Waals surface area contributed by atoms with E-state index in [4.69, 9.17) is 10.5 Å². The number of nitrogens with two attached hydrogens (primary N) is 1. The Morgan fingerprint density at radius 2 is 2.18 bits per heavy atom. The van der Waals surface area contributed by atoms with Gasteiger partial charge < -0.3 is 15.4 Å². The number of benzene rings is 1. The lowest BCUT2D eigenvalue weighted by Crippen LogP contribution is -2.20. The first-order valence-electron chi connectivity index (χ1n) is 5.79. The van der Waals surface area contributed by atoms with Crippen LogP contribution in [0.3, 0.4) is 0 Å². The predicted octanol–water partition coefficient (Wildman–Crippen LogP) is 2.29. The number of methoxy groups -OCH3 is 1. The smallest absolute Gasteiger partial charge is 0.337 e. The standard InChI is InChI=1S/C13H20N2O2/c1-4-5-8-15(2)12-9-10(13(16)17-3)6-7-11(12)14/h6-7,9H,4-5,8,14H2,1-3H3. The van der Waals surface area contributed by atoms with E-state index in [1.54, 1.807) is 18.2 Å². The summed E-state index contributed by atoms with van der Waals surface area (Å²) in [4.78, 5) is 13.5. The molecule has 0 radical (unpaired) electrons. The topological polar surface area (TPSA) is 55.6 Å². The van der Waals surface area contributed by atoms with E-state index in [-0.39, 0.29) is 5.97 Å². The molecule has 2 N–H and O–H groups in total. The Kier molecular flexibility index (Phi) is 4.82. The second kappa shape index (κ2) is 6.13. The number of carbonyl (C=O) groups excluding carboxylic acids is 1. The lowest BCUT2D eigenvalue weighted by atomic mass is 10.1. The van der Waals surface area contributed by atoms with Gasteiger partial charge in [0.25, 0.3) is 0 Å². The highest BCUT2D eigenvalue weighted by Crippen LogP contribution is 2.24. The number of anilines is 2. The molecule has 0 saturated carbocycles. The van der Waals surface area contributed by atoms with Crippen molar-refractivity contribution in [1.29, 1.82) is 0 Å². The summed E-state index contributed by atoms with van der Waals surface area (Å²) in [6, 6.07) is 5.19. The minimum Gasteiger partial charge on any atom is -0.465 e. The summed E-state index contributed by atoms with van der Waals surface area (Å²) in [5.74, 6) is -0.338. The quantitative estimate of drug-likeness (QED) is 0.629. The van der Waals surface area contributed by atoms with Gasteiger partial charge in [-0.05, 0) is 24.6 Å². The van der Waals surface area contributed by atoms with Crippen molar-refractivity contribution in [2.75, 3.05) is 31.3 Å². The number of hydrogen-bond acceptors (Lipinski definition) is 4. The Morgan fingerprint density at radius 3 is 2.76 bits per heavy atom. The van der Waals surface area contributed by atoms with Crippen LogP contribution in [0.5, 0.6) is 0 Å². The van der Waals surface area contributed by atoms with Gasteiger partial charge >= 0.3 is 5.97 Å². The van der Waals surface area contributed by atoms with E-state index in [2.05, 4.69) is 11.8 Å². The molecule has 1 aromatic rings. The van der Waals surface area contributed by atoms with Crippen molar-refractivity contribution in [2.24, 2.45) is 0 Å². The maximum Gasteiger partial charge on any atom is 0.337 e. The third-order valence-corrected chi connectivity index (χ3v) is 2.71. The van der Waals surface area contributed by atoms with Crippen molar-refractivity contribution in [3.05, 3.63) is 23.8 Å². The molecule has 0 aliphatic carbocycles. The van der Waals surface area contributed by atoms with Gasteiger partial charge in [-0.15, -0.1) is 0 Å². The summed E-state index contributed by atoms with van der Waals surface area (Å²) < 4.78 is 4.69. The molecule has 0 aliphatic heterocycles. The van der Waals surface area contributed by atoms with Gasteiger partial charge in [0.2, 0.25) is 0 Å². The van der Waals surface area contributed by atoms with Gasteiger partial charge in [0.1, 0.15) is 0 Å². The zero-order valence-corrected chi connectivity index (χ0v) is 10.7. The fourth-order valence-electron chi connectivity index (χ4n) is 1.63. The molecule has 0 amide bonds. The number of rotatable bonds is 5. The molecule has 0 spiro atoms. The number of nitrogen functional groups attached to an aromatic ring is 1. The number of ether oxygens (including phenoxy) is 1. The van der Waals surface area contributed by atoms with E-state index in [1.165, 1.54) is 7.11 Å². The van der Waals surface area contributed by atoms with Crippen LogP contribution in [-0.4, -0.2) is 26.7 Å². The van der Waals surface area contributed by atoms with Gasteiger partial charge in [0.05, 0.1) is 24.0 Å². The molecular weight excluding hydrogens is 216 g/mol. The summed E-state index contributed by atoms with van der Waals surface area (Å²) in [6.45, 7) is 3.06. The minimum atomic E-state index is -0.338. The van der Waals surface area contributed by atoms with E-state index in [0.717, 1.165) is 25.1 Å². The highest BCUT2D eigenvalue weighted by atomic mass is 16.5. The first-order chi connectivity index (χ1) is 8.10. The molecule has 0 fully saturated rings. The van der Waals surface area contributed by atoms with Gasteiger partial charge in [-0.2, -0.15) is 0 Å². The zero-order chi connectivity index (χ0) is 12.8. The molecule has 4 nitrogen and oxygen atoms in total. The Labute approximate surface area is 102 Å². The van der Waals surface area contributed by atoms with Gasteiger partial charge in [0, 0.05) is 13.6 Å². The number of nitrogens with zero attached hydrogens (tertiary/aromatic N) is 1. The Morgan fingerprint density at radius 1 is 1.47 bits per heavy atom. The van der Waals surface area contributed by atoms with Gasteiger partial charge in [0.15, 0.2) is 0 Å². The summed E-state index contributed by atoms with van der Waals surface area (Å²) >= 11 is 0. The molecule has 0 aliphatic rings. The van der Waals surface area contributed by atoms with E-state index in [0.29, 0.717) is 11.3 Å². The molecule has 0 atom stereocenters. The number of carbonyl (C=O) groups is 1. The van der Waals surface area contributed by atoms with Crippen LogP contribution >= 0.6 is 0 Å². The van der Waals surface area contributed by atoms with Crippen LogP contribution in [0.25, 0.3) is 0 Å². The van der Waals surface area contributed by atoms with Crippen LogP contribution in [0.2, 0.25) is 0 Å². The lowest BCUT2D eigenvalue weighted by molar-refractivity contribution is 0.0601. The van der Waals surface area contributed by atoms with Crippen LogP contribution in [-0.2, 0) is 4.74 Å². The van der Waals surface area contributed by atoms with Gasteiger partial charge in [-0.1, -0.05) is 13.3 Å². The second-order valence-electron chi connectivity index (χ2n) is 4.04. The summed E-state index contributed by atoms with van der Waals surface area (Å²) in [7, 11) is 3.35. The first-order valence-corrected chi connectivity index (χ1v) is 5.79. The molecule has 17 heavy (non-hydrogen) atoms. The summed E-state index contributed by atoms with van der Waals surface area (Å²) in [5.41, 5.74) is 7.99. The Hall–Kier alpha value is -1.71. The molecule has 0 bridgehead atoms. The van der Waals surface area contributed by atoms with Crippen LogP contribution in [0.1, 0.15) is 30.1 Å². The monoisotopic (exact) mass is 236 g/mol. The van der Waals surface area contributed by atoms with E-state index in [9.17, 15) is 4.79 Å². The molecule has 1 aromatic carbocycles. The van der Waals surface area contributed by atoms with Crippen molar-refractivity contribution >= 4 is 17.3 Å². The highest BCUT2D eigenvalue weighted by Gasteiger charge is 2.10. The third kappa shape index (κ3) is 3.37. The molecule has 94 valence electrons. The number of esters is 1. The first kappa shape index (κ1) is 13.4. The summed E-state index contributed by atoms with van der Waals surface area (Å²) in [5, 5.41) is 0. The minimum absolute atomic E-state index is 0.338. The highest BCUT2D eigenvalue weighted by molar-refractivity contribution is 5.92. The van der Waals surface area contributed by atoms with Crippen molar-refractivity contribution < 1.29 is 9.53 Å². The second-order valence-corrected chi connectivity index (χ2v) is 4.04. The van der Waals surface area contributed by atoms with E-state index < -0.39 is 0 Å². The molecular formula is C13H20N2O2. The molecule has 0 aromatic heterocycles. The van der Waals surface area contributed by atoms with E-state index >= 15 is 0 Å². The van der Waals surface area contributed by atoms with E-state index in [1.807, 2.05) is 7.05 Å². The zero-order valence-electron chi connectivity index (χ0n) is 10.7. The average molecular weight is 236 g/mol. The molecule has 4 heteroatoms. The van der Waals surface area contributed by atoms with Crippen LogP contribution in [0, 0.1) is 0 Å². The largest absolute Gasteiger partial charge is 0.465 e. The van der Waals surface area contributed by atoms with Crippen molar-refractivity contribution in [3.63, 3.8) is 0 Å². The maximum absolute atomic E-state index is 11.4. The fraction of sp³-hybridized carbons (Fsp3) is 0.462. The predicted molar refractivity (Wildman–Crippen MR) is 70.4 cm³/mol. The Balaban J connectivity index is 2.93. The number of unbranched alkanes of at least 4 members (excludes halogenated alkanes) is 1. The molecule has 0 heterocycles. The number of hydrogen-bond donors (Lipinski definition) is 1. The lowest BCUT2D eigenvalue weighted by Gasteiger charge is -2.21. The maximum atomic E-state index is 11.4. The van der Waals surface area contributed by atoms with Gasteiger partial charge in [-0.25, -0.2) is 4.79 Å². The SMILES string of the molecule is CCCCN(C)c1cc(C(=O)OC)ccc1N. The molecule has 0 saturated heterocycles. The Bertz CT molecular complexity index is 391. The van der Waals surface area contributed by atoms with Crippen molar-refractivity contribution in [3.8, 4) is 0 Å². The average Bonchev–Trinajstić information content (AvgIpc) is 2.35. The third-order valence-electron chi connectivity index (χ3n) is 2.71. The fourth-order valence-corrected chi connectivity index (χ4v) is 1.63. The van der Waals surface area contributed by atoms with Gasteiger partial charge in [-0.3, -0.25) is 0 Å². The van der Waals surface area contributed by atoms with Crippen LogP contribution in [0.15, 0.2) is 18.2 Å².